The lowest BCUT2D eigenvalue weighted by Gasteiger charge is -2.37. The molecule has 138 valence electrons. The lowest BCUT2D eigenvalue weighted by Crippen LogP contribution is -2.53. The Morgan fingerprint density at radius 2 is 2.12 bits per heavy atom. The zero-order valence-electron chi connectivity index (χ0n) is 14.2. The van der Waals surface area contributed by atoms with Crippen molar-refractivity contribution >= 4 is 23.3 Å². The van der Waals surface area contributed by atoms with Crippen LogP contribution in [0.1, 0.15) is 26.3 Å². The first-order chi connectivity index (χ1) is 11.6. The molecule has 0 bridgehead atoms. The highest BCUT2D eigenvalue weighted by molar-refractivity contribution is 6.30. The van der Waals surface area contributed by atoms with Crippen LogP contribution in [0, 0.1) is 0 Å². The van der Waals surface area contributed by atoms with Gasteiger partial charge in [-0.2, -0.15) is 13.2 Å². The van der Waals surface area contributed by atoms with Crippen LogP contribution in [0.2, 0.25) is 5.02 Å². The normalized spacial score (nSPS) is 20.6. The summed E-state index contributed by atoms with van der Waals surface area (Å²) in [4.78, 5) is 13.3. The third-order valence-corrected chi connectivity index (χ3v) is 4.26. The Morgan fingerprint density at radius 3 is 2.68 bits per heavy atom. The lowest BCUT2D eigenvalue weighted by atomic mass is 9.90. The van der Waals surface area contributed by atoms with Crippen LogP contribution in [0.15, 0.2) is 29.8 Å². The number of halogens is 4. The highest BCUT2D eigenvalue weighted by Crippen LogP contribution is 2.47. The molecule has 4 nitrogen and oxygen atoms in total. The van der Waals surface area contributed by atoms with Crippen LogP contribution in [0.5, 0.6) is 0 Å². The molecule has 0 spiro atoms. The van der Waals surface area contributed by atoms with Crippen molar-refractivity contribution in [1.29, 1.82) is 0 Å². The van der Waals surface area contributed by atoms with Crippen molar-refractivity contribution in [1.82, 2.24) is 4.90 Å². The van der Waals surface area contributed by atoms with E-state index in [-0.39, 0.29) is 29.4 Å². The maximum Gasteiger partial charge on any atom is 0.423 e. The largest absolute Gasteiger partial charge is 0.423 e. The number of hydrogen-bond donors (Lipinski definition) is 1. The topological polar surface area (TPSA) is 41.6 Å². The second-order valence-electron chi connectivity index (χ2n) is 6.05. The van der Waals surface area contributed by atoms with Gasteiger partial charge in [-0.3, -0.25) is 0 Å². The second kappa shape index (κ2) is 7.25. The van der Waals surface area contributed by atoms with E-state index in [1.807, 2.05) is 0 Å². The number of allylic oxidation sites excluding steroid dienone is 1. The molecule has 0 fully saturated rings. The van der Waals surface area contributed by atoms with Crippen molar-refractivity contribution in [3.05, 3.63) is 40.4 Å². The minimum Gasteiger partial charge on any atom is -0.355 e. The van der Waals surface area contributed by atoms with Crippen LogP contribution < -0.4 is 5.32 Å². The van der Waals surface area contributed by atoms with Gasteiger partial charge in [-0.25, -0.2) is 4.79 Å². The Hall–Kier alpha value is -1.73. The van der Waals surface area contributed by atoms with Crippen LogP contribution in [0.25, 0.3) is 0 Å². The van der Waals surface area contributed by atoms with E-state index in [9.17, 15) is 18.0 Å². The number of hydrogen-bond acceptors (Lipinski definition) is 2. The molecule has 1 aromatic carbocycles. The molecule has 0 saturated carbocycles. The molecular formula is C17H20ClF3N2O2. The number of nitrogens with zero attached hydrogens (tertiary/aromatic N) is 1. The number of benzene rings is 1. The molecule has 1 aliphatic rings. The van der Waals surface area contributed by atoms with Crippen LogP contribution in [-0.4, -0.2) is 36.8 Å². The van der Waals surface area contributed by atoms with E-state index in [2.05, 4.69) is 5.32 Å². The third kappa shape index (κ3) is 3.93. The molecule has 1 N–H and O–H groups in total. The van der Waals surface area contributed by atoms with Gasteiger partial charge >= 0.3 is 12.2 Å². The van der Waals surface area contributed by atoms with E-state index in [0.717, 1.165) is 10.5 Å². The fourth-order valence-corrected chi connectivity index (χ4v) is 2.81. The Bertz CT molecular complexity index is 687. The van der Waals surface area contributed by atoms with Crippen molar-refractivity contribution in [2.24, 2.45) is 0 Å². The van der Waals surface area contributed by atoms with Gasteiger partial charge in [0.05, 0.1) is 13.2 Å². The Balaban J connectivity index is 2.65. The van der Waals surface area contributed by atoms with Crippen molar-refractivity contribution in [3.8, 4) is 0 Å². The molecule has 1 atom stereocenters. The molecule has 8 heteroatoms. The predicted octanol–water partition coefficient (Wildman–Crippen LogP) is 4.95. The van der Waals surface area contributed by atoms with Gasteiger partial charge in [0.1, 0.15) is 0 Å². The molecule has 2 rings (SSSR count). The van der Waals surface area contributed by atoms with Crippen molar-refractivity contribution in [3.63, 3.8) is 0 Å². The second-order valence-corrected chi connectivity index (χ2v) is 6.49. The van der Waals surface area contributed by atoms with Gasteiger partial charge in [0.2, 0.25) is 5.60 Å². The van der Waals surface area contributed by atoms with E-state index in [4.69, 9.17) is 16.3 Å². The van der Waals surface area contributed by atoms with Gasteiger partial charge in [0, 0.05) is 22.8 Å². The highest BCUT2D eigenvalue weighted by Gasteiger charge is 2.60. The number of likely N-dealkylation sites (N-methyl/N-ethyl adjacent to an activating group) is 1. The Morgan fingerprint density at radius 1 is 1.44 bits per heavy atom. The summed E-state index contributed by atoms with van der Waals surface area (Å²) in [7, 11) is 0. The first kappa shape index (κ1) is 19.6. The van der Waals surface area contributed by atoms with Gasteiger partial charge in [0.25, 0.3) is 0 Å². The van der Waals surface area contributed by atoms with Crippen LogP contribution in [0.4, 0.5) is 23.7 Å². The third-order valence-electron chi connectivity index (χ3n) is 4.02. The summed E-state index contributed by atoms with van der Waals surface area (Å²) in [5.74, 6) is 0. The summed E-state index contributed by atoms with van der Waals surface area (Å²) in [6.45, 7) is 4.37. The summed E-state index contributed by atoms with van der Waals surface area (Å²) in [5.41, 5.74) is -1.99. The number of nitrogens with one attached hydrogen (secondary N) is 1. The SMILES string of the molecule is CCN1C[C@@](OCC=C(C)C)(C(F)(F)F)c2cc(Cl)ccc2NC1=O. The Labute approximate surface area is 149 Å². The number of rotatable bonds is 4. The molecule has 0 saturated heterocycles. The molecule has 0 aromatic heterocycles. The summed E-state index contributed by atoms with van der Waals surface area (Å²) < 4.78 is 48.0. The van der Waals surface area contributed by atoms with Crippen LogP contribution in [-0.2, 0) is 10.3 Å². The Kier molecular flexibility index (Phi) is 5.68. The van der Waals surface area contributed by atoms with Crippen molar-refractivity contribution in [2.45, 2.75) is 32.5 Å². The first-order valence-electron chi connectivity index (χ1n) is 7.80. The number of urea groups is 1. The van der Waals surface area contributed by atoms with Crippen molar-refractivity contribution in [2.75, 3.05) is 25.0 Å². The summed E-state index contributed by atoms with van der Waals surface area (Å²) in [5, 5.41) is 2.65. The van der Waals surface area contributed by atoms with Gasteiger partial charge < -0.3 is 15.0 Å². The van der Waals surface area contributed by atoms with Crippen LogP contribution >= 0.6 is 11.6 Å². The fraction of sp³-hybridized carbons (Fsp3) is 0.471. The molecule has 1 heterocycles. The number of alkyl halides is 3. The van der Waals surface area contributed by atoms with Gasteiger partial charge in [-0.1, -0.05) is 23.3 Å². The van der Waals surface area contributed by atoms with E-state index >= 15 is 0 Å². The maximum atomic E-state index is 14.2. The summed E-state index contributed by atoms with van der Waals surface area (Å²) in [6, 6.07) is 3.38. The van der Waals surface area contributed by atoms with Gasteiger partial charge in [-0.05, 0) is 39.0 Å². The molecule has 2 amide bonds. The zero-order chi connectivity index (χ0) is 18.8. The molecule has 0 radical (unpaired) electrons. The number of ether oxygens (including phenoxy) is 1. The number of carbonyl (C=O) groups is 1. The molecule has 1 aliphatic heterocycles. The number of amides is 2. The predicted molar refractivity (Wildman–Crippen MR) is 90.8 cm³/mol. The minimum atomic E-state index is -4.75. The van der Waals surface area contributed by atoms with Gasteiger partial charge in [0.15, 0.2) is 0 Å². The first-order valence-corrected chi connectivity index (χ1v) is 8.18. The van der Waals surface area contributed by atoms with E-state index in [0.29, 0.717) is 0 Å². The molecule has 0 aliphatic carbocycles. The fourth-order valence-electron chi connectivity index (χ4n) is 2.63. The minimum absolute atomic E-state index is 0.0416. The summed E-state index contributed by atoms with van der Waals surface area (Å²) in [6.07, 6.45) is -3.18. The maximum absolute atomic E-state index is 14.2. The number of carbonyl (C=O) groups excluding carboxylic acids is 1. The molecule has 0 unspecified atom stereocenters. The number of fused-ring (bicyclic) bond motifs is 1. The van der Waals surface area contributed by atoms with Crippen LogP contribution in [0.3, 0.4) is 0 Å². The monoisotopic (exact) mass is 376 g/mol. The van der Waals surface area contributed by atoms with E-state index < -0.39 is 24.4 Å². The molecule has 1 aromatic rings. The lowest BCUT2D eigenvalue weighted by molar-refractivity contribution is -0.284. The average Bonchev–Trinajstić information content (AvgIpc) is 2.62. The van der Waals surface area contributed by atoms with E-state index in [1.54, 1.807) is 26.8 Å². The summed E-state index contributed by atoms with van der Waals surface area (Å²) >= 11 is 5.94. The standard InChI is InChI=1S/C17H20ClF3N2O2/c1-4-23-10-16(17(19,20)21,25-8-7-11(2)3)13-9-12(18)5-6-14(13)22-15(23)24/h5-7,9H,4,8,10H2,1-3H3,(H,22,24)/t16-/m0/s1. The quantitative estimate of drug-likeness (QED) is 0.755. The van der Waals surface area contributed by atoms with E-state index in [1.165, 1.54) is 18.2 Å². The number of anilines is 1. The average molecular weight is 377 g/mol. The van der Waals surface area contributed by atoms with Crippen molar-refractivity contribution < 1.29 is 22.7 Å². The highest BCUT2D eigenvalue weighted by atomic mass is 35.5. The van der Waals surface area contributed by atoms with Gasteiger partial charge in [-0.15, -0.1) is 0 Å². The molecule has 25 heavy (non-hydrogen) atoms. The smallest absolute Gasteiger partial charge is 0.355 e. The molecular weight excluding hydrogens is 357 g/mol. The zero-order valence-corrected chi connectivity index (χ0v) is 15.0.